The Morgan fingerprint density at radius 2 is 2.17 bits per heavy atom. The van der Waals surface area contributed by atoms with E-state index in [0.717, 1.165) is 16.9 Å². The summed E-state index contributed by atoms with van der Waals surface area (Å²) in [5.41, 5.74) is 2.32. The van der Waals surface area contributed by atoms with Crippen molar-refractivity contribution in [2.45, 2.75) is 23.5 Å². The number of benzene rings is 1. The van der Waals surface area contributed by atoms with Crippen LogP contribution >= 0.6 is 35.7 Å². The lowest BCUT2D eigenvalue weighted by Crippen LogP contribution is -2.19. The molecule has 92 valence electrons. The zero-order chi connectivity index (χ0) is 12.7. The van der Waals surface area contributed by atoms with Crippen LogP contribution in [-0.2, 0) is 4.79 Å². The Morgan fingerprint density at radius 1 is 1.39 bits per heavy atom. The van der Waals surface area contributed by atoms with Crippen LogP contribution in [0.2, 0.25) is 0 Å². The van der Waals surface area contributed by atoms with Gasteiger partial charge in [0.15, 0.2) is 0 Å². The maximum absolute atomic E-state index is 11.9. The van der Waals surface area contributed by atoms with E-state index in [4.69, 9.17) is 12.2 Å². The molecule has 1 aromatic carbocycles. The molecule has 1 atom stereocenters. The first-order valence-electron chi connectivity index (χ1n) is 5.67. The third kappa shape index (κ3) is 2.11. The molecule has 18 heavy (non-hydrogen) atoms. The lowest BCUT2D eigenvalue weighted by molar-refractivity contribution is -0.115. The van der Waals surface area contributed by atoms with E-state index in [1.165, 1.54) is 22.2 Å². The third-order valence-corrected chi connectivity index (χ3v) is 5.38. The highest BCUT2D eigenvalue weighted by Gasteiger charge is 2.30. The number of amides is 1. The van der Waals surface area contributed by atoms with Gasteiger partial charge in [0.25, 0.3) is 5.91 Å². The van der Waals surface area contributed by atoms with Crippen LogP contribution in [-0.4, -0.2) is 15.5 Å². The topological polar surface area (TPSA) is 29.1 Å². The summed E-state index contributed by atoms with van der Waals surface area (Å²) in [6.45, 7) is 2.19. The van der Waals surface area contributed by atoms with E-state index in [0.29, 0.717) is 9.57 Å². The lowest BCUT2D eigenvalue weighted by atomic mass is 9.99. The summed E-state index contributed by atoms with van der Waals surface area (Å²) in [5, 5.41) is 3.19. The average Bonchev–Trinajstić information content (AvgIpc) is 2.67. The van der Waals surface area contributed by atoms with Crippen molar-refractivity contribution in [3.63, 3.8) is 0 Å². The van der Waals surface area contributed by atoms with Crippen molar-refractivity contribution in [2.75, 3.05) is 0 Å². The Bertz CT molecular complexity index is 579. The highest BCUT2D eigenvalue weighted by molar-refractivity contribution is 8.26. The fourth-order valence-corrected chi connectivity index (χ4v) is 4.49. The molecule has 2 aliphatic heterocycles. The molecule has 2 nitrogen and oxygen atoms in total. The summed E-state index contributed by atoms with van der Waals surface area (Å²) in [7, 11) is 0. The van der Waals surface area contributed by atoms with E-state index in [1.54, 1.807) is 0 Å². The number of carbonyl (C=O) groups excluding carboxylic acids is 1. The first-order valence-corrected chi connectivity index (χ1v) is 7.78. The van der Waals surface area contributed by atoms with Crippen LogP contribution in [0.5, 0.6) is 0 Å². The van der Waals surface area contributed by atoms with Gasteiger partial charge in [-0.1, -0.05) is 49.1 Å². The molecule has 1 amide bonds. The second kappa shape index (κ2) is 4.72. The Balaban J connectivity index is 2.16. The predicted molar refractivity (Wildman–Crippen MR) is 81.6 cm³/mol. The summed E-state index contributed by atoms with van der Waals surface area (Å²) < 4.78 is 0.561. The SMILES string of the molecule is CC1CC(=C2SC(=S)NC2=O)c2ccccc2S1. The van der Waals surface area contributed by atoms with E-state index >= 15 is 0 Å². The minimum atomic E-state index is -0.0473. The molecular formula is C13H11NOS3. The molecule has 1 fully saturated rings. The Morgan fingerprint density at radius 3 is 2.89 bits per heavy atom. The number of thiocarbonyl (C=S) groups is 1. The van der Waals surface area contributed by atoms with Gasteiger partial charge in [-0.3, -0.25) is 4.79 Å². The minimum absolute atomic E-state index is 0.0473. The fourth-order valence-electron chi connectivity index (χ4n) is 2.20. The van der Waals surface area contributed by atoms with Gasteiger partial charge in [0, 0.05) is 10.1 Å². The summed E-state index contributed by atoms with van der Waals surface area (Å²) in [5.74, 6) is -0.0473. The van der Waals surface area contributed by atoms with Gasteiger partial charge < -0.3 is 5.32 Å². The van der Waals surface area contributed by atoms with E-state index in [9.17, 15) is 4.79 Å². The highest BCUT2D eigenvalue weighted by Crippen LogP contribution is 2.45. The van der Waals surface area contributed by atoms with Crippen molar-refractivity contribution >= 4 is 51.5 Å². The lowest BCUT2D eigenvalue weighted by Gasteiger charge is -2.24. The maximum Gasteiger partial charge on any atom is 0.263 e. The third-order valence-electron chi connectivity index (χ3n) is 2.92. The average molecular weight is 293 g/mol. The van der Waals surface area contributed by atoms with Gasteiger partial charge >= 0.3 is 0 Å². The molecule has 0 spiro atoms. The summed E-state index contributed by atoms with van der Waals surface area (Å²) in [6, 6.07) is 8.27. The monoisotopic (exact) mass is 293 g/mol. The van der Waals surface area contributed by atoms with E-state index in [-0.39, 0.29) is 5.91 Å². The van der Waals surface area contributed by atoms with Gasteiger partial charge in [0.1, 0.15) is 4.32 Å². The smallest absolute Gasteiger partial charge is 0.263 e. The molecule has 0 aromatic heterocycles. The zero-order valence-corrected chi connectivity index (χ0v) is 12.2. The number of rotatable bonds is 0. The first kappa shape index (κ1) is 12.3. The van der Waals surface area contributed by atoms with Gasteiger partial charge in [-0.15, -0.1) is 11.8 Å². The highest BCUT2D eigenvalue weighted by atomic mass is 32.2. The fraction of sp³-hybridized carbons (Fsp3) is 0.231. The predicted octanol–water partition coefficient (Wildman–Crippen LogP) is 3.43. The van der Waals surface area contributed by atoms with Crippen LogP contribution in [0.3, 0.4) is 0 Å². The van der Waals surface area contributed by atoms with Crippen LogP contribution in [0.15, 0.2) is 34.1 Å². The van der Waals surface area contributed by atoms with E-state index in [2.05, 4.69) is 24.4 Å². The molecule has 0 radical (unpaired) electrons. The second-order valence-corrected chi connectivity index (χ2v) is 7.45. The summed E-state index contributed by atoms with van der Waals surface area (Å²) in [6.07, 6.45) is 0.917. The molecule has 0 saturated carbocycles. The van der Waals surface area contributed by atoms with Crippen LogP contribution in [0.4, 0.5) is 0 Å². The first-order chi connectivity index (χ1) is 8.65. The van der Waals surface area contributed by atoms with Crippen LogP contribution in [0.25, 0.3) is 5.57 Å². The maximum atomic E-state index is 11.9. The Kier molecular flexibility index (Phi) is 3.21. The van der Waals surface area contributed by atoms with Crippen LogP contribution in [0, 0.1) is 0 Å². The molecule has 3 rings (SSSR count). The van der Waals surface area contributed by atoms with Crippen molar-refractivity contribution in [1.82, 2.24) is 5.32 Å². The molecule has 1 aromatic rings. The normalized spacial score (nSPS) is 27.1. The molecular weight excluding hydrogens is 282 g/mol. The van der Waals surface area contributed by atoms with Crippen molar-refractivity contribution in [1.29, 1.82) is 0 Å². The number of hydrogen-bond donors (Lipinski definition) is 1. The Hall–Kier alpha value is -0.780. The number of nitrogens with one attached hydrogen (secondary N) is 1. The second-order valence-electron chi connectivity index (χ2n) is 4.28. The standard InChI is InChI=1S/C13H11NOS3/c1-7-6-9(11-12(15)14-13(16)18-11)8-4-2-3-5-10(8)17-7/h2-5,7H,6H2,1H3,(H,14,15,16). The quantitative estimate of drug-likeness (QED) is 0.586. The van der Waals surface area contributed by atoms with Crippen molar-refractivity contribution < 1.29 is 4.79 Å². The molecule has 1 saturated heterocycles. The van der Waals surface area contributed by atoms with Gasteiger partial charge in [0.05, 0.1) is 4.91 Å². The molecule has 5 heteroatoms. The number of thioether (sulfide) groups is 2. The largest absolute Gasteiger partial charge is 0.307 e. The summed E-state index contributed by atoms with van der Waals surface area (Å²) in [4.78, 5) is 13.9. The molecule has 2 heterocycles. The van der Waals surface area contributed by atoms with E-state index in [1.807, 2.05) is 23.9 Å². The van der Waals surface area contributed by atoms with Crippen LogP contribution < -0.4 is 5.32 Å². The molecule has 2 aliphatic rings. The van der Waals surface area contributed by atoms with Crippen molar-refractivity contribution in [3.05, 3.63) is 34.7 Å². The van der Waals surface area contributed by atoms with Gasteiger partial charge in [-0.25, -0.2) is 0 Å². The van der Waals surface area contributed by atoms with Crippen molar-refractivity contribution in [2.24, 2.45) is 0 Å². The Labute approximate surface area is 120 Å². The van der Waals surface area contributed by atoms with Crippen molar-refractivity contribution in [3.8, 4) is 0 Å². The van der Waals surface area contributed by atoms with E-state index < -0.39 is 0 Å². The van der Waals surface area contributed by atoms with Crippen LogP contribution in [0.1, 0.15) is 18.9 Å². The van der Waals surface area contributed by atoms with Gasteiger partial charge in [-0.2, -0.15) is 0 Å². The van der Waals surface area contributed by atoms with Gasteiger partial charge in [0.2, 0.25) is 0 Å². The molecule has 1 unspecified atom stereocenters. The summed E-state index contributed by atoms with van der Waals surface area (Å²) >= 11 is 8.32. The number of carbonyl (C=O) groups is 1. The molecule has 0 aliphatic carbocycles. The zero-order valence-electron chi connectivity index (χ0n) is 9.73. The number of allylic oxidation sites excluding steroid dienone is 1. The minimum Gasteiger partial charge on any atom is -0.307 e. The van der Waals surface area contributed by atoms with Gasteiger partial charge in [-0.05, 0) is 23.6 Å². The molecule has 0 bridgehead atoms. The number of fused-ring (bicyclic) bond motifs is 1. The number of hydrogen-bond acceptors (Lipinski definition) is 4. The molecule has 1 N–H and O–H groups in total.